The molecule has 0 radical (unpaired) electrons. The Labute approximate surface area is 156 Å². The number of ether oxygens (including phenoxy) is 1. The molecule has 0 saturated heterocycles. The minimum absolute atomic E-state index is 0.0282. The van der Waals surface area contributed by atoms with Crippen molar-refractivity contribution in [3.8, 4) is 5.75 Å². The molecule has 0 amide bonds. The highest BCUT2D eigenvalue weighted by molar-refractivity contribution is 5.45. The molecule has 0 unspecified atom stereocenters. The van der Waals surface area contributed by atoms with Gasteiger partial charge in [-0.25, -0.2) is 4.98 Å². The van der Waals surface area contributed by atoms with Gasteiger partial charge in [-0.1, -0.05) is 0 Å². The molecule has 138 valence electrons. The van der Waals surface area contributed by atoms with Gasteiger partial charge in [0.15, 0.2) is 0 Å². The number of hydrogen-bond acceptors (Lipinski definition) is 6. The molecule has 0 fully saturated rings. The van der Waals surface area contributed by atoms with Crippen LogP contribution in [0, 0.1) is 10.1 Å². The highest BCUT2D eigenvalue weighted by Gasteiger charge is 2.03. The summed E-state index contributed by atoms with van der Waals surface area (Å²) in [6.07, 6.45) is 7.52. The summed E-state index contributed by atoms with van der Waals surface area (Å²) in [6, 6.07) is 13.2. The van der Waals surface area contributed by atoms with Crippen molar-refractivity contribution in [1.29, 1.82) is 0 Å². The third-order valence-corrected chi connectivity index (χ3v) is 3.82. The SMILES string of the molecule is O=[N+]([O-])c1ccc(N=Nc2ccc(OCCCCn3ccnc3)cc2)cc1. The summed E-state index contributed by atoms with van der Waals surface area (Å²) in [5.74, 6) is 0.784. The fraction of sp³-hybridized carbons (Fsp3) is 0.211. The van der Waals surface area contributed by atoms with Gasteiger partial charge in [0.2, 0.25) is 0 Å². The van der Waals surface area contributed by atoms with E-state index in [2.05, 4.69) is 15.2 Å². The van der Waals surface area contributed by atoms with E-state index in [9.17, 15) is 10.1 Å². The second-order valence-corrected chi connectivity index (χ2v) is 5.82. The first-order valence-corrected chi connectivity index (χ1v) is 8.55. The topological polar surface area (TPSA) is 94.9 Å². The lowest BCUT2D eigenvalue weighted by Gasteiger charge is -2.06. The van der Waals surface area contributed by atoms with Gasteiger partial charge < -0.3 is 9.30 Å². The van der Waals surface area contributed by atoms with E-state index in [4.69, 9.17) is 4.74 Å². The minimum atomic E-state index is -0.447. The molecule has 8 nitrogen and oxygen atoms in total. The van der Waals surface area contributed by atoms with E-state index in [0.29, 0.717) is 18.0 Å². The molecule has 1 heterocycles. The summed E-state index contributed by atoms with van der Waals surface area (Å²) < 4.78 is 7.76. The molecule has 2 aromatic carbocycles. The Hall–Kier alpha value is -3.55. The molecule has 3 rings (SSSR count). The lowest BCUT2D eigenvalue weighted by molar-refractivity contribution is -0.384. The number of azo groups is 1. The first kappa shape index (κ1) is 18.2. The summed E-state index contributed by atoms with van der Waals surface area (Å²) in [5, 5.41) is 18.8. The van der Waals surface area contributed by atoms with Gasteiger partial charge in [0.25, 0.3) is 5.69 Å². The van der Waals surface area contributed by atoms with Gasteiger partial charge in [-0.2, -0.15) is 10.2 Å². The van der Waals surface area contributed by atoms with Crippen molar-refractivity contribution in [1.82, 2.24) is 9.55 Å². The van der Waals surface area contributed by atoms with E-state index in [1.807, 2.05) is 41.4 Å². The van der Waals surface area contributed by atoms with Crippen molar-refractivity contribution in [2.45, 2.75) is 19.4 Å². The highest BCUT2D eigenvalue weighted by atomic mass is 16.6. The summed E-state index contributed by atoms with van der Waals surface area (Å²) in [6.45, 7) is 1.59. The molecule has 0 atom stereocenters. The Balaban J connectivity index is 1.43. The van der Waals surface area contributed by atoms with Gasteiger partial charge in [0.05, 0.1) is 29.2 Å². The molecule has 0 aliphatic heterocycles. The molecule has 1 aromatic heterocycles. The number of nitro groups is 1. The standard InChI is InChI=1S/C19H19N5O3/c25-24(26)18-7-3-16(4-8-18)21-22-17-5-9-19(10-6-17)27-14-2-1-12-23-13-11-20-15-23/h3-11,13,15H,1-2,12,14H2. The molecule has 3 aromatic rings. The monoisotopic (exact) mass is 365 g/mol. The average Bonchev–Trinajstić information content (AvgIpc) is 3.21. The van der Waals surface area contributed by atoms with Crippen molar-refractivity contribution in [3.63, 3.8) is 0 Å². The Morgan fingerprint density at radius 3 is 2.26 bits per heavy atom. The molecule has 8 heteroatoms. The van der Waals surface area contributed by atoms with Crippen LogP contribution in [0.3, 0.4) is 0 Å². The zero-order valence-electron chi connectivity index (χ0n) is 14.6. The van der Waals surface area contributed by atoms with Crippen LogP contribution in [0.15, 0.2) is 77.5 Å². The first-order valence-electron chi connectivity index (χ1n) is 8.55. The van der Waals surface area contributed by atoms with Gasteiger partial charge in [0, 0.05) is 31.1 Å². The Bertz CT molecular complexity index is 875. The van der Waals surface area contributed by atoms with E-state index < -0.39 is 4.92 Å². The number of benzene rings is 2. The maximum Gasteiger partial charge on any atom is 0.269 e. The second-order valence-electron chi connectivity index (χ2n) is 5.82. The number of aryl methyl sites for hydroxylation is 1. The molecule has 0 aliphatic carbocycles. The number of rotatable bonds is 9. The van der Waals surface area contributed by atoms with Crippen LogP contribution >= 0.6 is 0 Å². The van der Waals surface area contributed by atoms with E-state index in [1.54, 1.807) is 18.3 Å². The van der Waals surface area contributed by atoms with Crippen LogP contribution in [0.25, 0.3) is 0 Å². The Kier molecular flexibility index (Phi) is 6.24. The third-order valence-electron chi connectivity index (χ3n) is 3.82. The molecular formula is C19H19N5O3. The summed E-state index contributed by atoms with van der Waals surface area (Å²) in [5.41, 5.74) is 1.26. The lowest BCUT2D eigenvalue weighted by atomic mass is 10.3. The van der Waals surface area contributed by atoms with Crippen LogP contribution in [0.2, 0.25) is 0 Å². The number of nitro benzene ring substituents is 1. The summed E-state index contributed by atoms with van der Waals surface area (Å²) >= 11 is 0. The Morgan fingerprint density at radius 1 is 1.00 bits per heavy atom. The van der Waals surface area contributed by atoms with Crippen molar-refractivity contribution >= 4 is 17.1 Å². The number of imidazole rings is 1. The molecule has 0 saturated carbocycles. The van der Waals surface area contributed by atoms with Crippen LogP contribution in [0.1, 0.15) is 12.8 Å². The van der Waals surface area contributed by atoms with Crippen molar-refractivity contribution in [2.24, 2.45) is 10.2 Å². The average molecular weight is 365 g/mol. The molecular weight excluding hydrogens is 346 g/mol. The maximum absolute atomic E-state index is 10.6. The molecule has 27 heavy (non-hydrogen) atoms. The molecule has 0 aliphatic rings. The zero-order valence-corrected chi connectivity index (χ0v) is 14.6. The van der Waals surface area contributed by atoms with Gasteiger partial charge in [-0.05, 0) is 49.2 Å². The van der Waals surface area contributed by atoms with Gasteiger partial charge >= 0.3 is 0 Å². The van der Waals surface area contributed by atoms with Crippen LogP contribution in [0.4, 0.5) is 17.1 Å². The number of hydrogen-bond donors (Lipinski definition) is 0. The van der Waals surface area contributed by atoms with Crippen LogP contribution in [0.5, 0.6) is 5.75 Å². The van der Waals surface area contributed by atoms with Crippen molar-refractivity contribution < 1.29 is 9.66 Å². The van der Waals surface area contributed by atoms with Crippen molar-refractivity contribution in [2.75, 3.05) is 6.61 Å². The van der Waals surface area contributed by atoms with Gasteiger partial charge in [0.1, 0.15) is 5.75 Å². The number of aromatic nitrogens is 2. The molecule has 0 N–H and O–H groups in total. The smallest absolute Gasteiger partial charge is 0.269 e. The van der Waals surface area contributed by atoms with E-state index in [1.165, 1.54) is 12.1 Å². The predicted octanol–water partition coefficient (Wildman–Crippen LogP) is 5.07. The van der Waals surface area contributed by atoms with Gasteiger partial charge in [-0.3, -0.25) is 10.1 Å². The quantitative estimate of drug-likeness (QED) is 0.229. The fourth-order valence-corrected chi connectivity index (χ4v) is 2.37. The Morgan fingerprint density at radius 2 is 1.67 bits per heavy atom. The second kappa shape index (κ2) is 9.23. The number of unbranched alkanes of at least 4 members (excludes halogenated alkanes) is 1. The zero-order chi connectivity index (χ0) is 18.9. The van der Waals surface area contributed by atoms with E-state index in [0.717, 1.165) is 25.1 Å². The molecule has 0 spiro atoms. The van der Waals surface area contributed by atoms with Gasteiger partial charge in [-0.15, -0.1) is 0 Å². The maximum atomic E-state index is 10.6. The minimum Gasteiger partial charge on any atom is -0.494 e. The fourth-order valence-electron chi connectivity index (χ4n) is 2.37. The summed E-state index contributed by atoms with van der Waals surface area (Å²) in [7, 11) is 0. The van der Waals surface area contributed by atoms with Crippen LogP contribution in [-0.4, -0.2) is 21.1 Å². The third kappa shape index (κ3) is 5.74. The largest absolute Gasteiger partial charge is 0.494 e. The number of nitrogens with zero attached hydrogens (tertiary/aromatic N) is 5. The van der Waals surface area contributed by atoms with Crippen molar-refractivity contribution in [3.05, 3.63) is 77.4 Å². The number of non-ortho nitro benzene ring substituents is 1. The molecule has 0 bridgehead atoms. The van der Waals surface area contributed by atoms with E-state index >= 15 is 0 Å². The van der Waals surface area contributed by atoms with Crippen LogP contribution < -0.4 is 4.74 Å². The van der Waals surface area contributed by atoms with Crippen LogP contribution in [-0.2, 0) is 6.54 Å². The highest BCUT2D eigenvalue weighted by Crippen LogP contribution is 2.23. The first-order chi connectivity index (χ1) is 13.2. The predicted molar refractivity (Wildman–Crippen MR) is 101 cm³/mol. The van der Waals surface area contributed by atoms with E-state index in [-0.39, 0.29) is 5.69 Å². The lowest BCUT2D eigenvalue weighted by Crippen LogP contribution is -2.00. The normalized spacial score (nSPS) is 11.0. The summed E-state index contributed by atoms with van der Waals surface area (Å²) in [4.78, 5) is 14.2.